The van der Waals surface area contributed by atoms with Crippen molar-refractivity contribution >= 4 is 29.2 Å². The van der Waals surface area contributed by atoms with Crippen molar-refractivity contribution in [1.29, 1.82) is 0 Å². The fourth-order valence-corrected chi connectivity index (χ4v) is 2.77. The van der Waals surface area contributed by atoms with Crippen molar-refractivity contribution in [2.45, 2.75) is 32.8 Å². The van der Waals surface area contributed by atoms with Crippen LogP contribution in [0.5, 0.6) is 5.75 Å². The number of aromatic hydroxyl groups is 1. The van der Waals surface area contributed by atoms with E-state index in [0.717, 1.165) is 38.2 Å². The Morgan fingerprint density at radius 3 is 2.88 bits per heavy atom. The third-order valence-corrected chi connectivity index (χ3v) is 4.26. The second kappa shape index (κ2) is 9.44. The van der Waals surface area contributed by atoms with Crippen LogP contribution in [0.2, 0.25) is 0 Å². The van der Waals surface area contributed by atoms with Gasteiger partial charge in [0.2, 0.25) is 0 Å². The summed E-state index contributed by atoms with van der Waals surface area (Å²) in [6.45, 7) is 7.48. The summed E-state index contributed by atoms with van der Waals surface area (Å²) in [6.07, 6.45) is 3.95. The standard InChI is InChI=1S/C17H26N4O2S/c1-3-21(4-2)14-8-7-13(16(22)10-14)11-19-20-17(24)18-12-15-6-5-9-23-15/h7-8,10-11,15,22H,3-6,9,12H2,1-2H3,(H2,18,20,24)/b19-11+. The van der Waals surface area contributed by atoms with Crippen LogP contribution in [0.3, 0.4) is 0 Å². The van der Waals surface area contributed by atoms with Crippen LogP contribution in [0.4, 0.5) is 5.69 Å². The molecule has 0 aromatic heterocycles. The van der Waals surface area contributed by atoms with Gasteiger partial charge in [-0.1, -0.05) is 0 Å². The molecule has 0 saturated carbocycles. The molecule has 24 heavy (non-hydrogen) atoms. The topological polar surface area (TPSA) is 69.1 Å². The third kappa shape index (κ3) is 5.35. The highest BCUT2D eigenvalue weighted by Gasteiger charge is 2.15. The van der Waals surface area contributed by atoms with Gasteiger partial charge in [0.1, 0.15) is 5.75 Å². The fraction of sp³-hybridized carbons (Fsp3) is 0.529. The maximum Gasteiger partial charge on any atom is 0.187 e. The maximum atomic E-state index is 10.1. The average molecular weight is 350 g/mol. The summed E-state index contributed by atoms with van der Waals surface area (Å²) in [5, 5.41) is 17.7. The number of phenolic OH excluding ortho intramolecular Hbond substituents is 1. The number of hydrogen-bond donors (Lipinski definition) is 3. The molecule has 7 heteroatoms. The molecule has 1 heterocycles. The van der Waals surface area contributed by atoms with E-state index in [1.54, 1.807) is 12.3 Å². The Morgan fingerprint density at radius 2 is 2.25 bits per heavy atom. The summed E-state index contributed by atoms with van der Waals surface area (Å²) < 4.78 is 5.52. The molecule has 0 bridgehead atoms. The number of ether oxygens (including phenoxy) is 1. The van der Waals surface area contributed by atoms with Crippen LogP contribution in [0, 0.1) is 0 Å². The molecule has 3 N–H and O–H groups in total. The Labute approximate surface area is 148 Å². The van der Waals surface area contributed by atoms with E-state index >= 15 is 0 Å². The Hall–Kier alpha value is -1.86. The van der Waals surface area contributed by atoms with Crippen molar-refractivity contribution in [2.24, 2.45) is 5.10 Å². The Morgan fingerprint density at radius 1 is 1.46 bits per heavy atom. The van der Waals surface area contributed by atoms with Crippen LogP contribution in [0.15, 0.2) is 23.3 Å². The van der Waals surface area contributed by atoms with E-state index in [0.29, 0.717) is 17.2 Å². The lowest BCUT2D eigenvalue weighted by Gasteiger charge is -2.21. The van der Waals surface area contributed by atoms with Crippen molar-refractivity contribution in [3.63, 3.8) is 0 Å². The summed E-state index contributed by atoms with van der Waals surface area (Å²) in [7, 11) is 0. The monoisotopic (exact) mass is 350 g/mol. The lowest BCUT2D eigenvalue weighted by molar-refractivity contribution is 0.114. The fourth-order valence-electron chi connectivity index (χ4n) is 2.64. The molecule has 1 aromatic carbocycles. The predicted octanol–water partition coefficient (Wildman–Crippen LogP) is 2.22. The molecule has 0 amide bonds. The number of benzene rings is 1. The number of nitrogens with one attached hydrogen (secondary N) is 2. The second-order valence-corrected chi connectivity index (χ2v) is 6.04. The largest absolute Gasteiger partial charge is 0.507 e. The van der Waals surface area contributed by atoms with Gasteiger partial charge in [-0.25, -0.2) is 0 Å². The summed E-state index contributed by atoms with van der Waals surface area (Å²) in [6, 6.07) is 5.57. The van der Waals surface area contributed by atoms with E-state index in [9.17, 15) is 5.11 Å². The zero-order chi connectivity index (χ0) is 17.4. The van der Waals surface area contributed by atoms with Gasteiger partial charge in [0.15, 0.2) is 5.11 Å². The van der Waals surface area contributed by atoms with Crippen molar-refractivity contribution in [1.82, 2.24) is 10.7 Å². The normalized spacial score (nSPS) is 17.2. The lowest BCUT2D eigenvalue weighted by atomic mass is 10.2. The van der Waals surface area contributed by atoms with Crippen molar-refractivity contribution < 1.29 is 9.84 Å². The minimum atomic E-state index is 0.197. The molecular formula is C17H26N4O2S. The predicted molar refractivity (Wildman–Crippen MR) is 102 cm³/mol. The number of phenols is 1. The molecule has 132 valence electrons. The highest BCUT2D eigenvalue weighted by Crippen LogP contribution is 2.23. The van der Waals surface area contributed by atoms with Crippen molar-refractivity contribution in [2.75, 3.05) is 31.1 Å². The molecule has 1 fully saturated rings. The molecule has 1 saturated heterocycles. The van der Waals surface area contributed by atoms with E-state index in [-0.39, 0.29) is 11.9 Å². The van der Waals surface area contributed by atoms with Gasteiger partial charge in [-0.05, 0) is 51.0 Å². The summed E-state index contributed by atoms with van der Waals surface area (Å²) in [5.41, 5.74) is 4.39. The molecule has 1 aromatic rings. The van der Waals surface area contributed by atoms with Gasteiger partial charge in [-0.2, -0.15) is 5.10 Å². The van der Waals surface area contributed by atoms with E-state index in [4.69, 9.17) is 17.0 Å². The van der Waals surface area contributed by atoms with E-state index < -0.39 is 0 Å². The van der Waals surface area contributed by atoms with Crippen LogP contribution in [-0.4, -0.2) is 48.8 Å². The molecule has 1 aliphatic heterocycles. The lowest BCUT2D eigenvalue weighted by Crippen LogP contribution is -2.37. The van der Waals surface area contributed by atoms with Crippen LogP contribution >= 0.6 is 12.2 Å². The zero-order valence-electron chi connectivity index (χ0n) is 14.3. The van der Waals surface area contributed by atoms with Gasteiger partial charge in [0, 0.05) is 43.6 Å². The zero-order valence-corrected chi connectivity index (χ0v) is 15.1. The SMILES string of the molecule is CCN(CC)c1ccc(/C=N/NC(=S)NCC2CCCO2)c(O)c1. The van der Waals surface area contributed by atoms with E-state index in [2.05, 4.69) is 34.6 Å². The molecule has 1 unspecified atom stereocenters. The average Bonchev–Trinajstić information content (AvgIpc) is 3.09. The highest BCUT2D eigenvalue weighted by molar-refractivity contribution is 7.80. The van der Waals surface area contributed by atoms with E-state index in [1.165, 1.54) is 0 Å². The smallest absolute Gasteiger partial charge is 0.187 e. The number of rotatable bonds is 7. The van der Waals surface area contributed by atoms with Gasteiger partial charge < -0.3 is 20.1 Å². The van der Waals surface area contributed by atoms with Crippen LogP contribution in [0.1, 0.15) is 32.3 Å². The first-order valence-corrected chi connectivity index (χ1v) is 8.81. The maximum absolute atomic E-state index is 10.1. The number of thiocarbonyl (C=S) groups is 1. The Bertz CT molecular complexity index is 570. The quantitative estimate of drug-likeness (QED) is 0.398. The first kappa shape index (κ1) is 18.5. The number of anilines is 1. The number of hydrazone groups is 1. The van der Waals surface area contributed by atoms with Crippen LogP contribution < -0.4 is 15.6 Å². The molecule has 0 radical (unpaired) electrons. The molecule has 1 atom stereocenters. The summed E-state index contributed by atoms with van der Waals surface area (Å²) >= 11 is 5.16. The van der Waals surface area contributed by atoms with Gasteiger partial charge in [0.05, 0.1) is 12.3 Å². The number of nitrogens with zero attached hydrogens (tertiary/aromatic N) is 2. The third-order valence-electron chi connectivity index (χ3n) is 4.03. The Kier molecular flexibility index (Phi) is 7.27. The molecule has 0 spiro atoms. The van der Waals surface area contributed by atoms with Crippen LogP contribution in [0.25, 0.3) is 0 Å². The first-order chi connectivity index (χ1) is 11.6. The van der Waals surface area contributed by atoms with E-state index in [1.807, 2.05) is 12.1 Å². The molecule has 0 aliphatic carbocycles. The minimum absolute atomic E-state index is 0.197. The van der Waals surface area contributed by atoms with Crippen molar-refractivity contribution in [3.05, 3.63) is 23.8 Å². The van der Waals surface area contributed by atoms with Crippen LogP contribution in [-0.2, 0) is 4.74 Å². The van der Waals surface area contributed by atoms with Gasteiger partial charge in [-0.3, -0.25) is 5.43 Å². The van der Waals surface area contributed by atoms with Gasteiger partial charge in [0.25, 0.3) is 0 Å². The van der Waals surface area contributed by atoms with Gasteiger partial charge in [-0.15, -0.1) is 0 Å². The number of hydrogen-bond acceptors (Lipinski definition) is 5. The summed E-state index contributed by atoms with van der Waals surface area (Å²) in [4.78, 5) is 2.17. The molecule has 6 nitrogen and oxygen atoms in total. The summed E-state index contributed by atoms with van der Waals surface area (Å²) in [5.74, 6) is 0.197. The van der Waals surface area contributed by atoms with Crippen molar-refractivity contribution in [3.8, 4) is 5.75 Å². The highest BCUT2D eigenvalue weighted by atomic mass is 32.1. The molecule has 2 rings (SSSR count). The Balaban J connectivity index is 1.83. The molecular weight excluding hydrogens is 324 g/mol. The van der Waals surface area contributed by atoms with Gasteiger partial charge >= 0.3 is 0 Å². The molecule has 1 aliphatic rings. The second-order valence-electron chi connectivity index (χ2n) is 5.63. The minimum Gasteiger partial charge on any atom is -0.507 e. The first-order valence-electron chi connectivity index (χ1n) is 8.40.